The Kier molecular flexibility index (Phi) is 8.22. The number of amides is 2. The third kappa shape index (κ3) is 7.33. The number of nitrogens with zero attached hydrogens (tertiary/aromatic N) is 2. The molecule has 0 radical (unpaired) electrons. The minimum atomic E-state index is -0.995. The number of aliphatic carboxylic acids is 1. The first-order valence-electron chi connectivity index (χ1n) is 7.08. The Hall–Kier alpha value is -1.30. The van der Waals surface area contributed by atoms with Crippen molar-refractivity contribution in [3.05, 3.63) is 0 Å². The molecule has 0 aliphatic rings. The Morgan fingerprint density at radius 2 is 1.65 bits per heavy atom. The van der Waals surface area contributed by atoms with E-state index in [1.165, 1.54) is 0 Å². The lowest BCUT2D eigenvalue weighted by Gasteiger charge is -2.28. The number of urea groups is 1. The molecule has 0 saturated heterocycles. The van der Waals surface area contributed by atoms with Gasteiger partial charge in [0.2, 0.25) is 0 Å². The first kappa shape index (κ1) is 18.7. The predicted molar refractivity (Wildman–Crippen MR) is 79.8 cm³/mol. The van der Waals surface area contributed by atoms with Crippen molar-refractivity contribution in [3.63, 3.8) is 0 Å². The molecular formula is C14H29N3O3. The molecule has 0 spiro atoms. The van der Waals surface area contributed by atoms with E-state index in [4.69, 9.17) is 5.11 Å². The van der Waals surface area contributed by atoms with Crippen molar-refractivity contribution in [1.82, 2.24) is 15.1 Å². The monoisotopic (exact) mass is 287 g/mol. The fourth-order valence-corrected chi connectivity index (χ4v) is 1.78. The Morgan fingerprint density at radius 3 is 2.00 bits per heavy atom. The number of hydrogen-bond donors (Lipinski definition) is 2. The van der Waals surface area contributed by atoms with E-state index in [9.17, 15) is 9.59 Å². The molecule has 0 aliphatic heterocycles. The van der Waals surface area contributed by atoms with Crippen LogP contribution in [0.1, 0.15) is 27.7 Å². The molecule has 6 heteroatoms. The molecule has 0 fully saturated rings. The van der Waals surface area contributed by atoms with Gasteiger partial charge in [0.1, 0.15) is 6.04 Å². The van der Waals surface area contributed by atoms with Gasteiger partial charge in [-0.25, -0.2) is 9.59 Å². The van der Waals surface area contributed by atoms with Crippen molar-refractivity contribution in [2.75, 3.05) is 33.7 Å². The quantitative estimate of drug-likeness (QED) is 0.706. The van der Waals surface area contributed by atoms with Gasteiger partial charge in [-0.3, -0.25) is 0 Å². The number of nitrogens with one attached hydrogen (secondary N) is 1. The molecule has 2 N–H and O–H groups in total. The Bertz CT molecular complexity index is 317. The molecule has 0 heterocycles. The van der Waals surface area contributed by atoms with Gasteiger partial charge in [0, 0.05) is 19.6 Å². The van der Waals surface area contributed by atoms with E-state index < -0.39 is 12.0 Å². The van der Waals surface area contributed by atoms with Crippen LogP contribution < -0.4 is 5.32 Å². The van der Waals surface area contributed by atoms with Gasteiger partial charge in [0.05, 0.1) is 0 Å². The summed E-state index contributed by atoms with van der Waals surface area (Å²) in [6.45, 7) is 9.59. The van der Waals surface area contributed by atoms with Crippen LogP contribution in [0.4, 0.5) is 4.79 Å². The van der Waals surface area contributed by atoms with Crippen LogP contribution in [0.2, 0.25) is 0 Å². The summed E-state index contributed by atoms with van der Waals surface area (Å²) >= 11 is 0. The predicted octanol–water partition coefficient (Wildman–Crippen LogP) is 1.32. The van der Waals surface area contributed by atoms with E-state index in [-0.39, 0.29) is 11.9 Å². The molecule has 1 atom stereocenters. The summed E-state index contributed by atoms with van der Waals surface area (Å²) in [5.41, 5.74) is 0. The van der Waals surface area contributed by atoms with E-state index in [0.29, 0.717) is 19.0 Å². The maximum atomic E-state index is 12.2. The lowest BCUT2D eigenvalue weighted by molar-refractivity contribution is -0.140. The first-order chi connectivity index (χ1) is 9.15. The molecule has 118 valence electrons. The first-order valence-corrected chi connectivity index (χ1v) is 7.08. The van der Waals surface area contributed by atoms with Crippen LogP contribution in [0, 0.1) is 11.8 Å². The molecule has 0 unspecified atom stereocenters. The van der Waals surface area contributed by atoms with Gasteiger partial charge in [-0.15, -0.1) is 0 Å². The van der Waals surface area contributed by atoms with Crippen molar-refractivity contribution in [1.29, 1.82) is 0 Å². The Labute approximate surface area is 122 Å². The van der Waals surface area contributed by atoms with E-state index in [1.54, 1.807) is 18.7 Å². The van der Waals surface area contributed by atoms with E-state index in [1.807, 2.05) is 32.8 Å². The molecule has 0 rings (SSSR count). The lowest BCUT2D eigenvalue weighted by atomic mass is 10.1. The van der Waals surface area contributed by atoms with Crippen LogP contribution in [0.25, 0.3) is 0 Å². The highest BCUT2D eigenvalue weighted by Crippen LogP contribution is 2.05. The standard InChI is InChI=1S/C14H29N3O3/c1-10(2)9-17(8-7-16(5)6)14(20)15-12(11(3)4)13(18)19/h10-12H,7-9H2,1-6H3,(H,15,20)(H,18,19)/t12-/m1/s1. The molecule has 20 heavy (non-hydrogen) atoms. The average Bonchev–Trinajstić information content (AvgIpc) is 2.29. The molecule has 0 aromatic heterocycles. The number of carboxylic acid groups (broad SMARTS) is 1. The van der Waals surface area contributed by atoms with Crippen molar-refractivity contribution in [2.45, 2.75) is 33.7 Å². The largest absolute Gasteiger partial charge is 0.480 e. The van der Waals surface area contributed by atoms with Crippen molar-refractivity contribution in [3.8, 4) is 0 Å². The second-order valence-electron chi connectivity index (χ2n) is 6.15. The van der Waals surface area contributed by atoms with E-state index in [2.05, 4.69) is 5.32 Å². The number of rotatable bonds is 8. The van der Waals surface area contributed by atoms with Crippen molar-refractivity contribution >= 4 is 12.0 Å². The highest BCUT2D eigenvalue weighted by Gasteiger charge is 2.26. The number of carboxylic acids is 1. The number of carbonyl (C=O) groups is 2. The number of hydrogen-bond acceptors (Lipinski definition) is 3. The van der Waals surface area contributed by atoms with Crippen LogP contribution in [0.15, 0.2) is 0 Å². The van der Waals surface area contributed by atoms with Crippen LogP contribution in [-0.4, -0.2) is 66.7 Å². The van der Waals surface area contributed by atoms with Crippen LogP contribution >= 0.6 is 0 Å². The summed E-state index contributed by atoms with van der Waals surface area (Å²) in [4.78, 5) is 27.1. The van der Waals surface area contributed by atoms with Crippen LogP contribution in [0.5, 0.6) is 0 Å². The SMILES string of the molecule is CC(C)CN(CCN(C)C)C(=O)N[C@@H](C(=O)O)C(C)C. The van der Waals surface area contributed by atoms with Gasteiger partial charge in [-0.2, -0.15) is 0 Å². The molecule has 2 amide bonds. The van der Waals surface area contributed by atoms with E-state index in [0.717, 1.165) is 6.54 Å². The number of carbonyl (C=O) groups excluding carboxylic acids is 1. The van der Waals surface area contributed by atoms with Gasteiger partial charge >= 0.3 is 12.0 Å². The summed E-state index contributed by atoms with van der Waals surface area (Å²) in [5, 5.41) is 11.7. The molecule has 0 bridgehead atoms. The Morgan fingerprint density at radius 1 is 1.10 bits per heavy atom. The molecule has 0 aromatic rings. The van der Waals surface area contributed by atoms with Crippen molar-refractivity contribution in [2.24, 2.45) is 11.8 Å². The average molecular weight is 287 g/mol. The zero-order chi connectivity index (χ0) is 15.9. The molecule has 6 nitrogen and oxygen atoms in total. The molecule has 0 saturated carbocycles. The summed E-state index contributed by atoms with van der Waals surface area (Å²) in [5.74, 6) is -0.804. The highest BCUT2D eigenvalue weighted by atomic mass is 16.4. The summed E-state index contributed by atoms with van der Waals surface area (Å²) in [7, 11) is 3.89. The second-order valence-corrected chi connectivity index (χ2v) is 6.15. The molecular weight excluding hydrogens is 258 g/mol. The maximum Gasteiger partial charge on any atom is 0.326 e. The minimum absolute atomic E-state index is 0.147. The lowest BCUT2D eigenvalue weighted by Crippen LogP contribution is -2.52. The normalized spacial score (nSPS) is 12.8. The zero-order valence-corrected chi connectivity index (χ0v) is 13.5. The third-order valence-electron chi connectivity index (χ3n) is 2.90. The third-order valence-corrected chi connectivity index (χ3v) is 2.90. The molecule has 0 aromatic carbocycles. The Balaban J connectivity index is 4.71. The van der Waals surface area contributed by atoms with Crippen LogP contribution in [0.3, 0.4) is 0 Å². The summed E-state index contributed by atoms with van der Waals surface area (Å²) in [6, 6.07) is -1.15. The molecule has 0 aliphatic carbocycles. The smallest absolute Gasteiger partial charge is 0.326 e. The van der Waals surface area contributed by atoms with Gasteiger partial charge in [-0.05, 0) is 25.9 Å². The zero-order valence-electron chi connectivity index (χ0n) is 13.5. The van der Waals surface area contributed by atoms with Gasteiger partial charge in [0.15, 0.2) is 0 Å². The fraction of sp³-hybridized carbons (Fsp3) is 0.857. The van der Waals surface area contributed by atoms with Crippen molar-refractivity contribution < 1.29 is 14.7 Å². The maximum absolute atomic E-state index is 12.2. The summed E-state index contributed by atoms with van der Waals surface area (Å²) in [6.07, 6.45) is 0. The van der Waals surface area contributed by atoms with E-state index >= 15 is 0 Å². The highest BCUT2D eigenvalue weighted by molar-refractivity contribution is 5.82. The minimum Gasteiger partial charge on any atom is -0.480 e. The number of likely N-dealkylation sites (N-methyl/N-ethyl adjacent to an activating group) is 1. The van der Waals surface area contributed by atoms with Crippen LogP contribution in [-0.2, 0) is 4.79 Å². The second kappa shape index (κ2) is 8.79. The van der Waals surface area contributed by atoms with Gasteiger partial charge in [0.25, 0.3) is 0 Å². The summed E-state index contributed by atoms with van der Waals surface area (Å²) < 4.78 is 0. The van der Waals surface area contributed by atoms with Gasteiger partial charge in [-0.1, -0.05) is 27.7 Å². The topological polar surface area (TPSA) is 72.9 Å². The fourth-order valence-electron chi connectivity index (χ4n) is 1.78. The van der Waals surface area contributed by atoms with Gasteiger partial charge < -0.3 is 20.2 Å².